The van der Waals surface area contributed by atoms with E-state index >= 15 is 0 Å². The van der Waals surface area contributed by atoms with Crippen LogP contribution in [0.15, 0.2) is 0 Å². The standard InChI is InChI=1S/C7H13NO3/c1-4(5(9)10)7(2,3)6(8)11/h4H,1-3H3,(H2,8,11)(H,9,10). The number of amides is 1. The number of carboxylic acids is 1. The molecule has 0 aliphatic carbocycles. The van der Waals surface area contributed by atoms with Gasteiger partial charge in [-0.25, -0.2) is 0 Å². The summed E-state index contributed by atoms with van der Waals surface area (Å²) >= 11 is 0. The Bertz CT molecular complexity index is 186. The fourth-order valence-corrected chi connectivity index (χ4v) is 0.522. The van der Waals surface area contributed by atoms with Gasteiger partial charge in [-0.05, 0) is 0 Å². The van der Waals surface area contributed by atoms with Crippen molar-refractivity contribution in [2.75, 3.05) is 0 Å². The summed E-state index contributed by atoms with van der Waals surface area (Å²) in [5.74, 6) is -2.35. The van der Waals surface area contributed by atoms with E-state index in [2.05, 4.69) is 0 Å². The molecule has 0 aromatic heterocycles. The van der Waals surface area contributed by atoms with E-state index in [-0.39, 0.29) is 0 Å². The number of carboxylic acid groups (broad SMARTS) is 1. The lowest BCUT2D eigenvalue weighted by molar-refractivity contribution is -0.149. The maximum absolute atomic E-state index is 10.7. The third-order valence-corrected chi connectivity index (χ3v) is 2.09. The van der Waals surface area contributed by atoms with E-state index in [1.54, 1.807) is 0 Å². The zero-order valence-electron chi connectivity index (χ0n) is 6.92. The Hall–Kier alpha value is -1.06. The molecule has 0 aromatic rings. The number of nitrogens with two attached hydrogens (primary N) is 1. The molecule has 11 heavy (non-hydrogen) atoms. The normalized spacial score (nSPS) is 14.1. The molecule has 0 aliphatic rings. The van der Waals surface area contributed by atoms with Gasteiger partial charge in [-0.15, -0.1) is 0 Å². The lowest BCUT2D eigenvalue weighted by Gasteiger charge is -2.24. The smallest absolute Gasteiger partial charge is 0.307 e. The van der Waals surface area contributed by atoms with Crippen LogP contribution in [-0.2, 0) is 9.59 Å². The van der Waals surface area contributed by atoms with Crippen molar-refractivity contribution in [3.8, 4) is 0 Å². The predicted octanol–water partition coefficient (Wildman–Crippen LogP) is 0.219. The van der Waals surface area contributed by atoms with Crippen LogP contribution in [-0.4, -0.2) is 17.0 Å². The number of hydrogen-bond acceptors (Lipinski definition) is 2. The van der Waals surface area contributed by atoms with Crippen LogP contribution < -0.4 is 5.73 Å². The van der Waals surface area contributed by atoms with Gasteiger partial charge < -0.3 is 10.8 Å². The average molecular weight is 159 g/mol. The van der Waals surface area contributed by atoms with Gasteiger partial charge in [0.15, 0.2) is 0 Å². The highest BCUT2D eigenvalue weighted by Gasteiger charge is 2.36. The summed E-state index contributed by atoms with van der Waals surface area (Å²) in [4.78, 5) is 21.2. The molecule has 0 rings (SSSR count). The number of rotatable bonds is 3. The molecule has 0 radical (unpaired) electrons. The van der Waals surface area contributed by atoms with Crippen molar-refractivity contribution in [1.29, 1.82) is 0 Å². The van der Waals surface area contributed by atoms with Crippen molar-refractivity contribution in [3.63, 3.8) is 0 Å². The Kier molecular flexibility index (Phi) is 2.62. The first kappa shape index (κ1) is 9.94. The first-order chi connectivity index (χ1) is 4.80. The summed E-state index contributed by atoms with van der Waals surface area (Å²) in [6.07, 6.45) is 0. The Morgan fingerprint density at radius 2 is 1.82 bits per heavy atom. The number of carbonyl (C=O) groups excluding carboxylic acids is 1. The van der Waals surface area contributed by atoms with Crippen LogP contribution >= 0.6 is 0 Å². The van der Waals surface area contributed by atoms with Gasteiger partial charge in [0, 0.05) is 0 Å². The maximum atomic E-state index is 10.7. The number of primary amides is 1. The van der Waals surface area contributed by atoms with Crippen LogP contribution in [0.4, 0.5) is 0 Å². The van der Waals surface area contributed by atoms with Crippen LogP contribution in [0.1, 0.15) is 20.8 Å². The Labute approximate surface area is 65.4 Å². The summed E-state index contributed by atoms with van der Waals surface area (Å²) in [5.41, 5.74) is 4.03. The van der Waals surface area contributed by atoms with E-state index in [9.17, 15) is 9.59 Å². The van der Waals surface area contributed by atoms with Crippen LogP contribution in [0.5, 0.6) is 0 Å². The van der Waals surface area contributed by atoms with Crippen molar-refractivity contribution >= 4 is 11.9 Å². The minimum Gasteiger partial charge on any atom is -0.481 e. The Morgan fingerprint density at radius 1 is 1.45 bits per heavy atom. The summed E-state index contributed by atoms with van der Waals surface area (Å²) in [7, 11) is 0. The average Bonchev–Trinajstić information content (AvgIpc) is 1.85. The lowest BCUT2D eigenvalue weighted by atomic mass is 9.79. The topological polar surface area (TPSA) is 80.4 Å². The minimum absolute atomic E-state index is 0.590. The molecule has 64 valence electrons. The minimum atomic E-state index is -1.01. The zero-order valence-corrected chi connectivity index (χ0v) is 6.92. The molecule has 3 N–H and O–H groups in total. The van der Waals surface area contributed by atoms with Crippen molar-refractivity contribution in [1.82, 2.24) is 0 Å². The molecular formula is C7H13NO3. The zero-order chi connectivity index (χ0) is 9.23. The molecule has 0 aliphatic heterocycles. The quantitative estimate of drug-likeness (QED) is 0.618. The maximum Gasteiger partial charge on any atom is 0.307 e. The third kappa shape index (κ3) is 1.93. The SMILES string of the molecule is CC(C(=O)O)C(C)(C)C(N)=O. The van der Waals surface area contributed by atoms with Crippen LogP contribution in [0.2, 0.25) is 0 Å². The highest BCUT2D eigenvalue weighted by atomic mass is 16.4. The molecule has 0 aromatic carbocycles. The van der Waals surface area contributed by atoms with Gasteiger partial charge in [0.1, 0.15) is 0 Å². The third-order valence-electron chi connectivity index (χ3n) is 2.09. The molecule has 1 atom stereocenters. The van der Waals surface area contributed by atoms with Gasteiger partial charge in [0.05, 0.1) is 11.3 Å². The highest BCUT2D eigenvalue weighted by molar-refractivity contribution is 5.86. The van der Waals surface area contributed by atoms with E-state index in [0.717, 1.165) is 0 Å². The van der Waals surface area contributed by atoms with E-state index in [4.69, 9.17) is 10.8 Å². The fraction of sp³-hybridized carbons (Fsp3) is 0.714. The van der Waals surface area contributed by atoms with Crippen molar-refractivity contribution in [3.05, 3.63) is 0 Å². The second-order valence-electron chi connectivity index (χ2n) is 3.15. The monoisotopic (exact) mass is 159 g/mol. The molecule has 1 amide bonds. The largest absolute Gasteiger partial charge is 0.481 e. The molecule has 0 spiro atoms. The summed E-state index contributed by atoms with van der Waals surface area (Å²) in [6.45, 7) is 4.51. The molecule has 4 nitrogen and oxygen atoms in total. The Balaban J connectivity index is 4.55. The number of hydrogen-bond donors (Lipinski definition) is 2. The van der Waals surface area contributed by atoms with E-state index in [1.165, 1.54) is 20.8 Å². The second-order valence-corrected chi connectivity index (χ2v) is 3.15. The van der Waals surface area contributed by atoms with Gasteiger partial charge >= 0.3 is 5.97 Å². The van der Waals surface area contributed by atoms with E-state index in [0.29, 0.717) is 0 Å². The van der Waals surface area contributed by atoms with Crippen LogP contribution in [0, 0.1) is 11.3 Å². The molecule has 1 unspecified atom stereocenters. The molecule has 4 heteroatoms. The molecular weight excluding hydrogens is 146 g/mol. The summed E-state index contributed by atoms with van der Waals surface area (Å²) < 4.78 is 0. The van der Waals surface area contributed by atoms with Crippen molar-refractivity contribution in [2.45, 2.75) is 20.8 Å². The number of carbonyl (C=O) groups is 2. The second kappa shape index (κ2) is 2.90. The highest BCUT2D eigenvalue weighted by Crippen LogP contribution is 2.25. The van der Waals surface area contributed by atoms with Crippen LogP contribution in [0.25, 0.3) is 0 Å². The molecule has 0 saturated carbocycles. The molecule has 0 saturated heterocycles. The lowest BCUT2D eigenvalue weighted by Crippen LogP contribution is -2.40. The first-order valence-electron chi connectivity index (χ1n) is 3.33. The fourth-order valence-electron chi connectivity index (χ4n) is 0.522. The van der Waals surface area contributed by atoms with Crippen LogP contribution in [0.3, 0.4) is 0 Å². The van der Waals surface area contributed by atoms with Gasteiger partial charge in [-0.2, -0.15) is 0 Å². The summed E-state index contributed by atoms with van der Waals surface area (Å²) in [5, 5.41) is 8.56. The van der Waals surface area contributed by atoms with Gasteiger partial charge in [-0.1, -0.05) is 20.8 Å². The predicted molar refractivity (Wildman–Crippen MR) is 39.8 cm³/mol. The summed E-state index contributed by atoms with van der Waals surface area (Å²) in [6, 6.07) is 0. The molecule has 0 bridgehead atoms. The molecule has 0 heterocycles. The van der Waals surface area contributed by atoms with E-state index < -0.39 is 23.2 Å². The van der Waals surface area contributed by atoms with Gasteiger partial charge in [0.2, 0.25) is 5.91 Å². The van der Waals surface area contributed by atoms with Crippen molar-refractivity contribution in [2.24, 2.45) is 17.1 Å². The molecule has 0 fully saturated rings. The van der Waals surface area contributed by atoms with Gasteiger partial charge in [-0.3, -0.25) is 9.59 Å². The van der Waals surface area contributed by atoms with Crippen molar-refractivity contribution < 1.29 is 14.7 Å². The van der Waals surface area contributed by atoms with E-state index in [1.807, 2.05) is 0 Å². The first-order valence-corrected chi connectivity index (χ1v) is 3.33. The van der Waals surface area contributed by atoms with Gasteiger partial charge in [0.25, 0.3) is 0 Å². The Morgan fingerprint density at radius 3 is 1.91 bits per heavy atom. The number of aliphatic carboxylic acids is 1.